The molecule has 5 aromatic rings. The molecule has 3 heterocycles. The molecule has 0 N–H and O–H groups in total. The fourth-order valence-electron chi connectivity index (χ4n) is 9.99. The van der Waals surface area contributed by atoms with Crippen molar-refractivity contribution in [1.29, 1.82) is 0 Å². The minimum atomic E-state index is -3.21. The van der Waals surface area contributed by atoms with Gasteiger partial charge in [0.15, 0.2) is 0 Å². The first-order valence-corrected chi connectivity index (χ1v) is 20.3. The molecule has 4 aliphatic rings. The van der Waals surface area contributed by atoms with Crippen LogP contribution in [-0.4, -0.2) is 13.3 Å². The van der Waals surface area contributed by atoms with Crippen LogP contribution in [-0.2, 0) is 19.4 Å². The van der Waals surface area contributed by atoms with Gasteiger partial charge in [-0.2, -0.15) is 0 Å². The molecule has 1 fully saturated rings. The monoisotopic (exact) mass is 632 g/mol. The zero-order valence-corrected chi connectivity index (χ0v) is 27.7. The molecular weight excluding hydrogens is 598 g/mol. The lowest BCUT2D eigenvalue weighted by Gasteiger charge is -2.45. The minimum absolute atomic E-state index is 0.103. The number of rotatable bonds is 4. The first-order valence-electron chi connectivity index (χ1n) is 16.0. The molecule has 4 heteroatoms. The first kappa shape index (κ1) is 28.0. The molecule has 2 bridgehead atoms. The van der Waals surface area contributed by atoms with Crippen molar-refractivity contribution in [2.75, 3.05) is 13.3 Å². The van der Waals surface area contributed by atoms with E-state index >= 15 is 9.13 Å². The lowest BCUT2D eigenvalue weighted by Crippen LogP contribution is -2.42. The summed E-state index contributed by atoms with van der Waals surface area (Å²) in [6, 6.07) is 50.3. The van der Waals surface area contributed by atoms with Gasteiger partial charge in [-0.3, -0.25) is 0 Å². The second-order valence-electron chi connectivity index (χ2n) is 13.3. The summed E-state index contributed by atoms with van der Waals surface area (Å²) in [5, 5.41) is 0.277. The van der Waals surface area contributed by atoms with E-state index in [1.165, 1.54) is 0 Å². The topological polar surface area (TPSA) is 34.1 Å². The maximum atomic E-state index is 16.6. The number of hydrogen-bond acceptors (Lipinski definition) is 2. The molecule has 0 saturated carbocycles. The Kier molecular flexibility index (Phi) is 5.88. The van der Waals surface area contributed by atoms with Gasteiger partial charge in [0, 0.05) is 22.5 Å². The molecule has 1 aliphatic carbocycles. The fraction of sp³-hybridized carbons (Fsp3) is 0.143. The normalized spacial score (nSPS) is 32.0. The van der Waals surface area contributed by atoms with Gasteiger partial charge >= 0.3 is 0 Å². The van der Waals surface area contributed by atoms with E-state index in [-0.39, 0.29) is 11.8 Å². The van der Waals surface area contributed by atoms with Gasteiger partial charge in [-0.15, -0.1) is 0 Å². The van der Waals surface area contributed by atoms with E-state index in [1.54, 1.807) is 0 Å². The molecule has 2 nitrogen and oxygen atoms in total. The van der Waals surface area contributed by atoms with Crippen LogP contribution in [0.4, 0.5) is 0 Å². The van der Waals surface area contributed by atoms with Crippen molar-refractivity contribution in [3.05, 3.63) is 202 Å². The second-order valence-corrected chi connectivity index (χ2v) is 19.3. The quantitative estimate of drug-likeness (QED) is 0.185. The molecule has 0 amide bonds. The Morgan fingerprint density at radius 3 is 1.50 bits per heavy atom. The maximum absolute atomic E-state index is 16.6. The minimum Gasteiger partial charge on any atom is -0.321 e. The SMILES string of the molecule is CP1(=O)C(c2ccccc2)=C2C=CC3C(C2=C1c1ccccc1)C1(c2ccccc2)c2ccccc2C3(c2ccccc2)P1(C)=O. The van der Waals surface area contributed by atoms with Gasteiger partial charge in [0.05, 0.1) is 10.3 Å². The molecule has 0 radical (unpaired) electrons. The number of hydrogen-bond donors (Lipinski definition) is 0. The van der Waals surface area contributed by atoms with Crippen molar-refractivity contribution in [2.45, 2.75) is 10.3 Å². The Labute approximate surface area is 271 Å². The third-order valence-corrected chi connectivity index (χ3v) is 18.3. The smallest absolute Gasteiger partial charge is 0.142 e. The fourth-order valence-corrected chi connectivity index (χ4v) is 17.6. The molecular formula is C42H34O2P2. The highest BCUT2D eigenvalue weighted by atomic mass is 31.2. The molecule has 5 aromatic carbocycles. The summed E-state index contributed by atoms with van der Waals surface area (Å²) in [6.45, 7) is 4.03. The average molecular weight is 633 g/mol. The van der Waals surface area contributed by atoms with E-state index in [4.69, 9.17) is 0 Å². The molecule has 9 rings (SSSR count). The highest BCUT2D eigenvalue weighted by Gasteiger charge is 2.80. The largest absolute Gasteiger partial charge is 0.321 e. The molecule has 3 aliphatic heterocycles. The van der Waals surface area contributed by atoms with Crippen LogP contribution in [0, 0.1) is 11.8 Å². The zero-order chi connectivity index (χ0) is 31.3. The van der Waals surface area contributed by atoms with Crippen LogP contribution in [0.5, 0.6) is 0 Å². The molecule has 6 atom stereocenters. The van der Waals surface area contributed by atoms with Crippen LogP contribution in [0.25, 0.3) is 10.6 Å². The Balaban J connectivity index is 1.50. The van der Waals surface area contributed by atoms with Crippen LogP contribution in [0.3, 0.4) is 0 Å². The van der Waals surface area contributed by atoms with Crippen molar-refractivity contribution in [3.63, 3.8) is 0 Å². The Hall–Kier alpha value is -4.22. The lowest BCUT2D eigenvalue weighted by atomic mass is 9.56. The summed E-state index contributed by atoms with van der Waals surface area (Å²) < 4.78 is 32.2. The predicted molar refractivity (Wildman–Crippen MR) is 191 cm³/mol. The van der Waals surface area contributed by atoms with Gasteiger partial charge in [-0.1, -0.05) is 158 Å². The molecule has 6 unspecified atom stereocenters. The van der Waals surface area contributed by atoms with E-state index in [9.17, 15) is 0 Å². The Bertz CT molecular complexity index is 2230. The van der Waals surface area contributed by atoms with Gasteiger partial charge in [0.1, 0.15) is 14.3 Å². The van der Waals surface area contributed by atoms with Gasteiger partial charge < -0.3 is 9.13 Å². The zero-order valence-electron chi connectivity index (χ0n) is 25.9. The maximum Gasteiger partial charge on any atom is 0.142 e. The molecule has 0 aromatic heterocycles. The molecule has 1 saturated heterocycles. The highest BCUT2D eigenvalue weighted by Crippen LogP contribution is 2.94. The summed E-state index contributed by atoms with van der Waals surface area (Å²) in [4.78, 5) is 0. The van der Waals surface area contributed by atoms with Crippen LogP contribution < -0.4 is 0 Å². The number of allylic oxidation sites excluding steroid dienone is 4. The van der Waals surface area contributed by atoms with Crippen molar-refractivity contribution in [3.8, 4) is 0 Å². The summed E-state index contributed by atoms with van der Waals surface area (Å²) in [6.07, 6.45) is 4.57. The third kappa shape index (κ3) is 3.15. The van der Waals surface area contributed by atoms with Crippen molar-refractivity contribution in [2.24, 2.45) is 11.8 Å². The summed E-state index contributed by atoms with van der Waals surface area (Å²) >= 11 is 0. The molecule has 46 heavy (non-hydrogen) atoms. The van der Waals surface area contributed by atoms with Crippen LogP contribution >= 0.6 is 14.3 Å². The number of fused-ring (bicyclic) bond motifs is 10. The Morgan fingerprint density at radius 1 is 0.522 bits per heavy atom. The summed E-state index contributed by atoms with van der Waals surface area (Å²) in [7, 11) is -6.31. The number of benzene rings is 5. The van der Waals surface area contributed by atoms with Crippen LogP contribution in [0.1, 0.15) is 33.4 Å². The van der Waals surface area contributed by atoms with Crippen molar-refractivity contribution in [1.82, 2.24) is 0 Å². The molecule has 224 valence electrons. The van der Waals surface area contributed by atoms with Crippen molar-refractivity contribution < 1.29 is 9.13 Å². The van der Waals surface area contributed by atoms with Gasteiger partial charge in [0.25, 0.3) is 0 Å². The summed E-state index contributed by atoms with van der Waals surface area (Å²) in [5.41, 5.74) is 8.61. The first-order chi connectivity index (χ1) is 22.4. The standard InChI is InChI=1S/C42H34O2P2/c1-45(43)39(29-17-7-3-8-18-29)33-27-28-36-38(37(33)40(45)30-19-9-4-10-20-30)42(32-23-13-6-14-24-32)35-26-16-15-25-34(35)41(36,46(42,2)44)31-21-11-5-12-22-31/h3-28,36,38H,1-2H3. The van der Waals surface area contributed by atoms with Gasteiger partial charge in [-0.05, 0) is 57.9 Å². The van der Waals surface area contributed by atoms with E-state index in [2.05, 4.69) is 116 Å². The predicted octanol–water partition coefficient (Wildman–Crippen LogP) is 10.8. The lowest BCUT2D eigenvalue weighted by molar-refractivity contribution is 0.345. The molecule has 0 spiro atoms. The van der Waals surface area contributed by atoms with Crippen molar-refractivity contribution >= 4 is 24.9 Å². The van der Waals surface area contributed by atoms with E-state index in [0.29, 0.717) is 0 Å². The van der Waals surface area contributed by atoms with E-state index < -0.39 is 24.6 Å². The van der Waals surface area contributed by atoms with Gasteiger partial charge in [0.2, 0.25) is 0 Å². The van der Waals surface area contributed by atoms with Crippen LogP contribution in [0.2, 0.25) is 0 Å². The second kappa shape index (κ2) is 9.65. The Morgan fingerprint density at radius 2 is 0.957 bits per heavy atom. The third-order valence-electron chi connectivity index (χ3n) is 11.3. The summed E-state index contributed by atoms with van der Waals surface area (Å²) in [5.74, 6) is -0.293. The van der Waals surface area contributed by atoms with E-state index in [0.717, 1.165) is 55.2 Å². The average Bonchev–Trinajstić information content (AvgIpc) is 3.53. The van der Waals surface area contributed by atoms with Crippen LogP contribution in [0.15, 0.2) is 169 Å². The van der Waals surface area contributed by atoms with Gasteiger partial charge in [-0.25, -0.2) is 0 Å². The van der Waals surface area contributed by atoms with E-state index in [1.807, 2.05) is 55.2 Å². The highest BCUT2D eigenvalue weighted by molar-refractivity contribution is 7.83.